The molecular weight excluding hydrogens is 368 g/mol. The van der Waals surface area contributed by atoms with Crippen LogP contribution in [0.25, 0.3) is 16.6 Å². The third kappa shape index (κ3) is 3.48. The second-order valence-electron chi connectivity index (χ2n) is 4.75. The molecule has 0 aliphatic heterocycles. The van der Waals surface area contributed by atoms with Crippen molar-refractivity contribution >= 4 is 44.3 Å². The molecule has 3 rings (SSSR count). The van der Waals surface area contributed by atoms with Crippen molar-refractivity contribution in [3.8, 4) is 10.6 Å². The maximum Gasteiger partial charge on any atom is 0.277 e. The molecule has 8 heteroatoms. The molecule has 3 aromatic heterocycles. The Balaban J connectivity index is 1.92. The van der Waals surface area contributed by atoms with E-state index in [4.69, 9.17) is 11.6 Å². The molecule has 5 nitrogen and oxygen atoms in total. The highest BCUT2D eigenvalue weighted by atomic mass is 35.5. The first-order valence-electron chi connectivity index (χ1n) is 6.79. The minimum atomic E-state index is -3.69. The van der Waals surface area contributed by atoms with Gasteiger partial charge in [0, 0.05) is 18.6 Å². The molecule has 0 radical (unpaired) electrons. The third-order valence-corrected chi connectivity index (χ3v) is 6.46. The van der Waals surface area contributed by atoms with Crippen LogP contribution in [0.1, 0.15) is 5.56 Å². The van der Waals surface area contributed by atoms with Gasteiger partial charge in [-0.05, 0) is 59.6 Å². The van der Waals surface area contributed by atoms with E-state index >= 15 is 0 Å². The summed E-state index contributed by atoms with van der Waals surface area (Å²) in [6.45, 7) is 0. The Morgan fingerprint density at radius 2 is 2.04 bits per heavy atom. The number of halogens is 1. The topological polar surface area (TPSA) is 69.0 Å². The summed E-state index contributed by atoms with van der Waals surface area (Å²) in [6.07, 6.45) is 7.12. The lowest BCUT2D eigenvalue weighted by Crippen LogP contribution is -2.08. The van der Waals surface area contributed by atoms with Gasteiger partial charge in [-0.25, -0.2) is 3.97 Å². The Hall–Kier alpha value is -2.22. The van der Waals surface area contributed by atoms with Gasteiger partial charge in [0.15, 0.2) is 0 Å². The fourth-order valence-corrected chi connectivity index (χ4v) is 4.67. The summed E-state index contributed by atoms with van der Waals surface area (Å²) in [5.74, 6) is 0. The first kappa shape index (κ1) is 16.6. The molecule has 0 N–H and O–H groups in total. The summed E-state index contributed by atoms with van der Waals surface area (Å²) in [7, 11) is -3.69. The molecule has 0 bridgehead atoms. The maximum atomic E-state index is 12.7. The summed E-state index contributed by atoms with van der Waals surface area (Å²) >= 11 is 6.38. The quantitative estimate of drug-likeness (QED) is 0.502. The molecule has 0 atom stereocenters. The molecule has 3 aromatic rings. The number of allylic oxidation sites excluding steroid dienone is 1. The number of pyridine rings is 1. The van der Waals surface area contributed by atoms with Crippen molar-refractivity contribution in [3.05, 3.63) is 66.6 Å². The van der Waals surface area contributed by atoms with Crippen LogP contribution in [0.15, 0.2) is 65.3 Å². The van der Waals surface area contributed by atoms with E-state index < -0.39 is 15.3 Å². The zero-order valence-corrected chi connectivity index (χ0v) is 14.6. The van der Waals surface area contributed by atoms with Crippen LogP contribution in [-0.2, 0) is 14.8 Å². The van der Waals surface area contributed by atoms with Crippen LogP contribution in [-0.4, -0.2) is 22.6 Å². The van der Waals surface area contributed by atoms with Crippen LogP contribution in [0.5, 0.6) is 0 Å². The summed E-state index contributed by atoms with van der Waals surface area (Å²) < 4.78 is 26.7. The number of rotatable bonds is 5. The fraction of sp³-hybridized carbons (Fsp3) is 0. The molecule has 0 spiro atoms. The lowest BCUT2D eigenvalue weighted by molar-refractivity contribution is -0.107. The minimum absolute atomic E-state index is 0.211. The summed E-state index contributed by atoms with van der Waals surface area (Å²) in [5, 5.41) is -0.621. The standard InChI is InChI=1S/C16H11ClN2O3S2/c17-15(20)6-4-12-8-10-19(11-12)24(21,22)16-7-5-14(23-16)13-3-1-2-9-18-13/h1-11H. The number of carbonyl (C=O) groups excluding carboxylic acids is 1. The van der Waals surface area contributed by atoms with E-state index in [9.17, 15) is 13.2 Å². The van der Waals surface area contributed by atoms with Crippen molar-refractivity contribution < 1.29 is 13.2 Å². The molecule has 0 saturated carbocycles. The molecule has 3 heterocycles. The Labute approximate surface area is 147 Å². The van der Waals surface area contributed by atoms with Gasteiger partial charge in [0.2, 0.25) is 5.24 Å². The number of carbonyl (C=O) groups is 1. The van der Waals surface area contributed by atoms with Crippen LogP contribution in [0, 0.1) is 0 Å². The van der Waals surface area contributed by atoms with E-state index in [0.29, 0.717) is 5.56 Å². The first-order chi connectivity index (χ1) is 11.5. The van der Waals surface area contributed by atoms with E-state index in [1.54, 1.807) is 30.5 Å². The van der Waals surface area contributed by atoms with Crippen LogP contribution < -0.4 is 0 Å². The minimum Gasteiger partial charge on any atom is -0.276 e. The molecule has 122 valence electrons. The van der Waals surface area contributed by atoms with E-state index in [-0.39, 0.29) is 4.21 Å². The van der Waals surface area contributed by atoms with Gasteiger partial charge in [0.05, 0.1) is 10.6 Å². The monoisotopic (exact) mass is 378 g/mol. The molecule has 0 fully saturated rings. The molecule has 24 heavy (non-hydrogen) atoms. The van der Waals surface area contributed by atoms with E-state index in [1.807, 2.05) is 12.1 Å². The predicted molar refractivity (Wildman–Crippen MR) is 94.5 cm³/mol. The van der Waals surface area contributed by atoms with Gasteiger partial charge in [0.1, 0.15) is 4.21 Å². The second kappa shape index (κ2) is 6.72. The lowest BCUT2D eigenvalue weighted by Gasteiger charge is -2.02. The second-order valence-corrected chi connectivity index (χ2v) is 8.28. The van der Waals surface area contributed by atoms with Crippen LogP contribution >= 0.6 is 22.9 Å². The van der Waals surface area contributed by atoms with E-state index in [0.717, 1.165) is 32.0 Å². The Bertz CT molecular complexity index is 1000. The summed E-state index contributed by atoms with van der Waals surface area (Å²) in [6, 6.07) is 10.3. The van der Waals surface area contributed by atoms with E-state index in [1.165, 1.54) is 18.5 Å². The van der Waals surface area contributed by atoms with Gasteiger partial charge in [-0.1, -0.05) is 6.07 Å². The van der Waals surface area contributed by atoms with Gasteiger partial charge in [-0.2, -0.15) is 8.42 Å². The van der Waals surface area contributed by atoms with Gasteiger partial charge >= 0.3 is 0 Å². The van der Waals surface area contributed by atoms with Crippen molar-refractivity contribution in [1.82, 2.24) is 8.96 Å². The molecule has 0 unspecified atom stereocenters. The molecule has 0 aliphatic carbocycles. The molecular formula is C16H11ClN2O3S2. The highest BCUT2D eigenvalue weighted by Gasteiger charge is 2.19. The van der Waals surface area contributed by atoms with Crippen LogP contribution in [0.2, 0.25) is 0 Å². The normalized spacial score (nSPS) is 11.9. The fourth-order valence-electron chi connectivity index (χ4n) is 2.01. The van der Waals surface area contributed by atoms with Gasteiger partial charge in [0.25, 0.3) is 10.0 Å². The average Bonchev–Trinajstić information content (AvgIpc) is 3.24. The van der Waals surface area contributed by atoms with Crippen molar-refractivity contribution in [3.63, 3.8) is 0 Å². The average molecular weight is 379 g/mol. The number of thiophene rings is 1. The highest BCUT2D eigenvalue weighted by molar-refractivity contribution is 7.92. The van der Waals surface area contributed by atoms with Crippen molar-refractivity contribution in [2.45, 2.75) is 4.21 Å². The van der Waals surface area contributed by atoms with Crippen molar-refractivity contribution in [1.29, 1.82) is 0 Å². The number of hydrogen-bond donors (Lipinski definition) is 0. The maximum absolute atomic E-state index is 12.7. The molecule has 0 aliphatic rings. The van der Waals surface area contributed by atoms with Gasteiger partial charge in [-0.3, -0.25) is 9.78 Å². The Morgan fingerprint density at radius 3 is 2.75 bits per heavy atom. The van der Waals surface area contributed by atoms with E-state index in [2.05, 4.69) is 4.98 Å². The Kier molecular flexibility index (Phi) is 4.66. The lowest BCUT2D eigenvalue weighted by atomic mass is 10.3. The zero-order valence-electron chi connectivity index (χ0n) is 12.2. The third-order valence-electron chi connectivity index (χ3n) is 3.13. The van der Waals surface area contributed by atoms with Gasteiger partial charge in [-0.15, -0.1) is 11.3 Å². The highest BCUT2D eigenvalue weighted by Crippen LogP contribution is 2.30. The van der Waals surface area contributed by atoms with Gasteiger partial charge < -0.3 is 0 Å². The Morgan fingerprint density at radius 1 is 1.21 bits per heavy atom. The number of nitrogens with zero attached hydrogens (tertiary/aromatic N) is 2. The molecule has 0 aromatic carbocycles. The largest absolute Gasteiger partial charge is 0.277 e. The molecule has 0 amide bonds. The zero-order chi connectivity index (χ0) is 17.2. The van der Waals surface area contributed by atoms with Crippen molar-refractivity contribution in [2.75, 3.05) is 0 Å². The van der Waals surface area contributed by atoms with Crippen LogP contribution in [0.3, 0.4) is 0 Å². The summed E-state index contributed by atoms with van der Waals surface area (Å²) in [4.78, 5) is 15.7. The predicted octanol–water partition coefficient (Wildman–Crippen LogP) is 3.63. The SMILES string of the molecule is O=C(Cl)C=Cc1ccn(S(=O)(=O)c2ccc(-c3ccccn3)s2)c1. The number of hydrogen-bond acceptors (Lipinski definition) is 5. The smallest absolute Gasteiger partial charge is 0.276 e. The summed E-state index contributed by atoms with van der Waals surface area (Å²) in [5.41, 5.74) is 1.29. The van der Waals surface area contributed by atoms with Crippen LogP contribution in [0.4, 0.5) is 0 Å². The first-order valence-corrected chi connectivity index (χ1v) is 9.42. The molecule has 0 saturated heterocycles. The van der Waals surface area contributed by atoms with Crippen molar-refractivity contribution in [2.24, 2.45) is 0 Å². The number of aromatic nitrogens is 2.